The number of carbonyl (C=O) groups excluding carboxylic acids is 1. The fourth-order valence-corrected chi connectivity index (χ4v) is 3.15. The first kappa shape index (κ1) is 17.7. The van der Waals surface area contributed by atoms with Crippen LogP contribution in [0.4, 0.5) is 10.5 Å². The van der Waals surface area contributed by atoms with E-state index in [1.54, 1.807) is 18.2 Å². The molecule has 0 aromatic heterocycles. The molecule has 0 saturated carbocycles. The van der Waals surface area contributed by atoms with E-state index in [-0.39, 0.29) is 12.1 Å². The summed E-state index contributed by atoms with van der Waals surface area (Å²) >= 11 is 0. The maximum Gasteiger partial charge on any atom is 0.321 e. The predicted molar refractivity (Wildman–Crippen MR) is 90.4 cm³/mol. The summed E-state index contributed by atoms with van der Waals surface area (Å²) in [5.74, 6) is 0.486. The SMILES string of the molecule is CCc1cccc(CC)c1NC(=O)N(C)[C@@H](C)C[S@@](C)=O. The van der Waals surface area contributed by atoms with E-state index in [1.807, 2.05) is 25.1 Å². The van der Waals surface area contributed by atoms with Gasteiger partial charge in [0.15, 0.2) is 0 Å². The molecule has 0 radical (unpaired) electrons. The predicted octanol–water partition coefficient (Wildman–Crippen LogP) is 3.04. The minimum atomic E-state index is -0.913. The van der Waals surface area contributed by atoms with Crippen LogP contribution in [0.1, 0.15) is 31.9 Å². The van der Waals surface area contributed by atoms with E-state index in [0.717, 1.165) is 29.7 Å². The third kappa shape index (κ3) is 4.84. The molecule has 1 aromatic carbocycles. The summed E-state index contributed by atoms with van der Waals surface area (Å²) in [6.07, 6.45) is 3.41. The van der Waals surface area contributed by atoms with E-state index in [2.05, 4.69) is 19.2 Å². The van der Waals surface area contributed by atoms with Gasteiger partial charge >= 0.3 is 6.03 Å². The average molecular weight is 310 g/mol. The Morgan fingerprint density at radius 2 is 1.81 bits per heavy atom. The second-order valence-corrected chi connectivity index (χ2v) is 6.77. The van der Waals surface area contributed by atoms with Gasteiger partial charge in [0.25, 0.3) is 0 Å². The maximum absolute atomic E-state index is 12.4. The van der Waals surface area contributed by atoms with E-state index in [0.29, 0.717) is 5.75 Å². The number of hydrogen-bond acceptors (Lipinski definition) is 2. The number of benzene rings is 1. The molecule has 5 heteroatoms. The van der Waals surface area contributed by atoms with Crippen LogP contribution in [-0.4, -0.2) is 40.2 Å². The van der Waals surface area contributed by atoms with Crippen molar-refractivity contribution in [3.8, 4) is 0 Å². The van der Waals surface area contributed by atoms with Crippen LogP contribution in [0.3, 0.4) is 0 Å². The summed E-state index contributed by atoms with van der Waals surface area (Å²) in [4.78, 5) is 14.0. The van der Waals surface area contributed by atoms with Gasteiger partial charge in [0.1, 0.15) is 0 Å². The van der Waals surface area contributed by atoms with Gasteiger partial charge in [-0.05, 0) is 30.9 Å². The topological polar surface area (TPSA) is 49.4 Å². The van der Waals surface area contributed by atoms with Crippen molar-refractivity contribution in [3.63, 3.8) is 0 Å². The van der Waals surface area contributed by atoms with Crippen LogP contribution in [-0.2, 0) is 23.6 Å². The van der Waals surface area contributed by atoms with E-state index in [4.69, 9.17) is 0 Å². The highest BCUT2D eigenvalue weighted by Crippen LogP contribution is 2.23. The minimum Gasteiger partial charge on any atom is -0.324 e. The summed E-state index contributed by atoms with van der Waals surface area (Å²) in [7, 11) is 0.830. The van der Waals surface area contributed by atoms with Crippen LogP contribution in [0.5, 0.6) is 0 Å². The molecule has 0 aliphatic carbocycles. The van der Waals surface area contributed by atoms with E-state index in [9.17, 15) is 9.00 Å². The van der Waals surface area contributed by atoms with Gasteiger partial charge in [-0.25, -0.2) is 4.79 Å². The molecule has 1 N–H and O–H groups in total. The van der Waals surface area contributed by atoms with Gasteiger partial charge in [0.2, 0.25) is 0 Å². The average Bonchev–Trinajstić information content (AvgIpc) is 2.45. The van der Waals surface area contributed by atoms with E-state index in [1.165, 1.54) is 0 Å². The third-order valence-corrected chi connectivity index (χ3v) is 4.64. The second kappa shape index (κ2) is 8.17. The fraction of sp³-hybridized carbons (Fsp3) is 0.562. The number of anilines is 1. The highest BCUT2D eigenvalue weighted by Gasteiger charge is 2.18. The molecule has 2 atom stereocenters. The quantitative estimate of drug-likeness (QED) is 0.878. The molecule has 0 unspecified atom stereocenters. The van der Waals surface area contributed by atoms with Gasteiger partial charge in [-0.3, -0.25) is 4.21 Å². The summed E-state index contributed by atoms with van der Waals surface area (Å²) in [6.45, 7) is 6.07. The Kier molecular flexibility index (Phi) is 6.89. The minimum absolute atomic E-state index is 0.0605. The molecule has 4 nitrogen and oxygen atoms in total. The highest BCUT2D eigenvalue weighted by molar-refractivity contribution is 7.84. The second-order valence-electron chi connectivity index (χ2n) is 5.29. The van der Waals surface area contributed by atoms with Crippen LogP contribution in [0.25, 0.3) is 0 Å². The molecule has 0 aliphatic rings. The molecule has 0 bridgehead atoms. The summed E-state index contributed by atoms with van der Waals surface area (Å²) in [5.41, 5.74) is 3.20. The molecule has 1 aromatic rings. The summed E-state index contributed by atoms with van der Waals surface area (Å²) in [5, 5.41) is 3.02. The van der Waals surface area contributed by atoms with Crippen LogP contribution in [0.15, 0.2) is 18.2 Å². The van der Waals surface area contributed by atoms with Crippen molar-refractivity contribution in [2.45, 2.75) is 39.7 Å². The van der Waals surface area contributed by atoms with Crippen molar-refractivity contribution in [2.24, 2.45) is 0 Å². The largest absolute Gasteiger partial charge is 0.324 e. The lowest BCUT2D eigenvalue weighted by molar-refractivity contribution is 0.212. The lowest BCUT2D eigenvalue weighted by Gasteiger charge is -2.25. The lowest BCUT2D eigenvalue weighted by Crippen LogP contribution is -2.41. The fourth-order valence-electron chi connectivity index (χ4n) is 2.25. The number of nitrogens with zero attached hydrogens (tertiary/aromatic N) is 1. The van der Waals surface area contributed by atoms with Gasteiger partial charge in [-0.15, -0.1) is 0 Å². The number of urea groups is 1. The van der Waals surface area contributed by atoms with Crippen molar-refractivity contribution in [1.82, 2.24) is 4.90 Å². The van der Waals surface area contributed by atoms with Gasteiger partial charge in [-0.1, -0.05) is 32.0 Å². The molecule has 2 amide bonds. The Hall–Kier alpha value is -1.36. The van der Waals surface area contributed by atoms with Gasteiger partial charge in [-0.2, -0.15) is 0 Å². The molecule has 21 heavy (non-hydrogen) atoms. The van der Waals surface area contributed by atoms with Crippen molar-refractivity contribution in [3.05, 3.63) is 29.3 Å². The number of rotatable bonds is 6. The molecule has 1 rings (SSSR count). The van der Waals surface area contributed by atoms with Crippen molar-refractivity contribution in [1.29, 1.82) is 0 Å². The molecule has 0 spiro atoms. The van der Waals surface area contributed by atoms with Gasteiger partial charge < -0.3 is 10.2 Å². The molecule has 118 valence electrons. The zero-order valence-electron chi connectivity index (χ0n) is 13.6. The Labute approximate surface area is 130 Å². The third-order valence-electron chi connectivity index (χ3n) is 3.69. The number of nitrogens with one attached hydrogen (secondary N) is 1. The number of aryl methyl sites for hydroxylation is 2. The number of amides is 2. The molecule has 0 heterocycles. The van der Waals surface area contributed by atoms with Crippen LogP contribution >= 0.6 is 0 Å². The first-order valence-corrected chi connectivity index (χ1v) is 9.07. The van der Waals surface area contributed by atoms with Crippen LogP contribution < -0.4 is 5.32 Å². The van der Waals surface area contributed by atoms with Gasteiger partial charge in [0.05, 0.1) is 0 Å². The zero-order valence-corrected chi connectivity index (χ0v) is 14.4. The maximum atomic E-state index is 12.4. The van der Waals surface area contributed by atoms with E-state index >= 15 is 0 Å². The van der Waals surface area contributed by atoms with Crippen LogP contribution in [0.2, 0.25) is 0 Å². The first-order chi connectivity index (χ1) is 9.90. The Balaban J connectivity index is 2.90. The molecular formula is C16H26N2O2S. The van der Waals surface area contributed by atoms with Crippen molar-refractivity contribution in [2.75, 3.05) is 24.4 Å². The Bertz CT molecular complexity index is 495. The number of hydrogen-bond donors (Lipinski definition) is 1. The number of para-hydroxylation sites is 1. The van der Waals surface area contributed by atoms with Crippen LogP contribution in [0, 0.1) is 0 Å². The standard InChI is InChI=1S/C16H26N2O2S/c1-6-13-9-8-10-14(7-2)15(13)17-16(19)18(4)12(3)11-21(5)20/h8-10,12H,6-7,11H2,1-5H3,(H,17,19)/t12-,21+/m0/s1. The summed E-state index contributed by atoms with van der Waals surface area (Å²) < 4.78 is 11.3. The lowest BCUT2D eigenvalue weighted by atomic mass is 10.0. The molecule has 0 aliphatic heterocycles. The first-order valence-electron chi connectivity index (χ1n) is 7.35. The van der Waals surface area contributed by atoms with E-state index < -0.39 is 10.8 Å². The molecule has 0 saturated heterocycles. The monoisotopic (exact) mass is 310 g/mol. The van der Waals surface area contributed by atoms with Crippen molar-refractivity contribution >= 4 is 22.5 Å². The molecular weight excluding hydrogens is 284 g/mol. The highest BCUT2D eigenvalue weighted by atomic mass is 32.2. The normalized spacial score (nSPS) is 13.6. The molecule has 0 fully saturated rings. The zero-order chi connectivity index (χ0) is 16.0. The summed E-state index contributed by atoms with van der Waals surface area (Å²) in [6, 6.07) is 5.90. The Morgan fingerprint density at radius 1 is 1.29 bits per heavy atom. The van der Waals surface area contributed by atoms with Gasteiger partial charge in [0, 0.05) is 41.6 Å². The smallest absolute Gasteiger partial charge is 0.321 e. The number of carbonyl (C=O) groups is 1. The Morgan fingerprint density at radius 3 is 2.24 bits per heavy atom. The van der Waals surface area contributed by atoms with Crippen molar-refractivity contribution < 1.29 is 9.00 Å².